The van der Waals surface area contributed by atoms with Crippen molar-refractivity contribution in [2.75, 3.05) is 23.7 Å². The third-order valence-corrected chi connectivity index (χ3v) is 3.83. The highest BCUT2D eigenvalue weighted by Gasteiger charge is 2.29. The van der Waals surface area contributed by atoms with Crippen molar-refractivity contribution in [3.63, 3.8) is 0 Å². The molecule has 0 aromatic heterocycles. The molecule has 5 heteroatoms. The minimum absolute atomic E-state index is 0.00867. The van der Waals surface area contributed by atoms with Gasteiger partial charge in [0.05, 0.1) is 13.0 Å². The summed E-state index contributed by atoms with van der Waals surface area (Å²) in [7, 11) is 0. The molecule has 0 bridgehead atoms. The Morgan fingerprint density at radius 2 is 2.25 bits per heavy atom. The number of carbonyl (C=O) groups is 2. The zero-order valence-corrected chi connectivity index (χ0v) is 11.6. The van der Waals surface area contributed by atoms with E-state index in [1.165, 1.54) is 12.8 Å². The van der Waals surface area contributed by atoms with Gasteiger partial charge in [-0.3, -0.25) is 14.5 Å². The lowest BCUT2D eigenvalue weighted by Crippen LogP contribution is -2.34. The van der Waals surface area contributed by atoms with Crippen molar-refractivity contribution in [1.82, 2.24) is 4.90 Å². The Labute approximate surface area is 118 Å². The Balaban J connectivity index is 1.61. The van der Waals surface area contributed by atoms with Crippen molar-refractivity contribution in [2.24, 2.45) is 0 Å². The molecule has 1 aromatic carbocycles. The minimum atomic E-state index is 0.00867. The number of hydrogen-bond acceptors (Lipinski definition) is 3. The number of nitrogens with one attached hydrogen (secondary N) is 2. The number of benzene rings is 1. The van der Waals surface area contributed by atoms with Crippen LogP contribution in [0.2, 0.25) is 0 Å². The lowest BCUT2D eigenvalue weighted by atomic mass is 10.1. The van der Waals surface area contributed by atoms with Gasteiger partial charge in [0.1, 0.15) is 0 Å². The quantitative estimate of drug-likeness (QED) is 0.856. The highest BCUT2D eigenvalue weighted by Crippen LogP contribution is 2.27. The summed E-state index contributed by atoms with van der Waals surface area (Å²) in [5, 5.41) is 5.70. The molecule has 5 nitrogen and oxygen atoms in total. The van der Waals surface area contributed by atoms with E-state index in [2.05, 4.69) is 22.5 Å². The molecule has 3 rings (SSSR count). The molecule has 1 aliphatic carbocycles. The van der Waals surface area contributed by atoms with Crippen molar-refractivity contribution >= 4 is 23.2 Å². The first-order valence-corrected chi connectivity index (χ1v) is 7.12. The Morgan fingerprint density at radius 3 is 2.95 bits per heavy atom. The maximum Gasteiger partial charge on any atom is 0.238 e. The van der Waals surface area contributed by atoms with Gasteiger partial charge in [-0.05, 0) is 43.1 Å². The summed E-state index contributed by atoms with van der Waals surface area (Å²) in [4.78, 5) is 25.5. The first kappa shape index (κ1) is 13.1. The topological polar surface area (TPSA) is 61.4 Å². The predicted molar refractivity (Wildman–Crippen MR) is 77.7 cm³/mol. The van der Waals surface area contributed by atoms with Gasteiger partial charge in [-0.1, -0.05) is 6.92 Å². The molecule has 0 unspecified atom stereocenters. The number of likely N-dealkylation sites (N-methyl/N-ethyl adjacent to an activating group) is 1. The molecule has 2 amide bonds. The first-order valence-electron chi connectivity index (χ1n) is 7.12. The third kappa shape index (κ3) is 2.82. The van der Waals surface area contributed by atoms with Crippen molar-refractivity contribution < 1.29 is 9.59 Å². The summed E-state index contributed by atoms with van der Waals surface area (Å²) < 4.78 is 0. The first-order chi connectivity index (χ1) is 9.65. The molecule has 1 aromatic rings. The van der Waals surface area contributed by atoms with Gasteiger partial charge >= 0.3 is 0 Å². The zero-order valence-electron chi connectivity index (χ0n) is 11.6. The number of rotatable bonds is 5. The fourth-order valence-electron chi connectivity index (χ4n) is 2.63. The second-order valence-corrected chi connectivity index (χ2v) is 5.44. The largest absolute Gasteiger partial charge is 0.326 e. The molecule has 0 saturated heterocycles. The van der Waals surface area contributed by atoms with E-state index in [1.807, 2.05) is 18.2 Å². The molecular formula is C15H19N3O2. The maximum absolute atomic E-state index is 12.0. The van der Waals surface area contributed by atoms with E-state index in [4.69, 9.17) is 0 Å². The maximum atomic E-state index is 12.0. The molecule has 0 spiro atoms. The SMILES string of the molecule is CCN(CC(=O)Nc1ccc2c(c1)CC(=O)N2)C1CC1. The van der Waals surface area contributed by atoms with E-state index in [-0.39, 0.29) is 11.8 Å². The molecule has 106 valence electrons. The van der Waals surface area contributed by atoms with E-state index in [0.717, 1.165) is 23.5 Å². The highest BCUT2D eigenvalue weighted by atomic mass is 16.2. The van der Waals surface area contributed by atoms with Crippen molar-refractivity contribution in [3.8, 4) is 0 Å². The molecule has 1 saturated carbocycles. The predicted octanol–water partition coefficient (Wildman–Crippen LogP) is 1.60. The lowest BCUT2D eigenvalue weighted by Gasteiger charge is -2.19. The average molecular weight is 273 g/mol. The van der Waals surface area contributed by atoms with Crippen LogP contribution in [0.1, 0.15) is 25.3 Å². The normalized spacial score (nSPS) is 17.0. The van der Waals surface area contributed by atoms with Gasteiger partial charge in [0.2, 0.25) is 11.8 Å². The number of amides is 2. The molecule has 0 radical (unpaired) electrons. The van der Waals surface area contributed by atoms with E-state index >= 15 is 0 Å². The Morgan fingerprint density at radius 1 is 1.45 bits per heavy atom. The van der Waals surface area contributed by atoms with Crippen LogP contribution in [0, 0.1) is 0 Å². The monoisotopic (exact) mass is 273 g/mol. The Bertz CT molecular complexity index is 552. The summed E-state index contributed by atoms with van der Waals surface area (Å²) in [5.74, 6) is 0.0188. The van der Waals surface area contributed by atoms with Crippen molar-refractivity contribution in [2.45, 2.75) is 32.2 Å². The Hall–Kier alpha value is -1.88. The van der Waals surface area contributed by atoms with E-state index < -0.39 is 0 Å². The van der Waals surface area contributed by atoms with Gasteiger partial charge in [0.15, 0.2) is 0 Å². The summed E-state index contributed by atoms with van der Waals surface area (Å²) in [6, 6.07) is 6.13. The van der Waals surface area contributed by atoms with E-state index in [0.29, 0.717) is 19.0 Å². The van der Waals surface area contributed by atoms with Crippen LogP contribution in [0.5, 0.6) is 0 Å². The van der Waals surface area contributed by atoms with Crippen LogP contribution in [0.25, 0.3) is 0 Å². The third-order valence-electron chi connectivity index (χ3n) is 3.83. The van der Waals surface area contributed by atoms with Crippen LogP contribution in [0.15, 0.2) is 18.2 Å². The van der Waals surface area contributed by atoms with Crippen molar-refractivity contribution in [1.29, 1.82) is 0 Å². The summed E-state index contributed by atoms with van der Waals surface area (Å²) >= 11 is 0. The van der Waals surface area contributed by atoms with Gasteiger partial charge < -0.3 is 10.6 Å². The minimum Gasteiger partial charge on any atom is -0.326 e. The zero-order chi connectivity index (χ0) is 14.1. The molecule has 0 atom stereocenters. The van der Waals surface area contributed by atoms with Gasteiger partial charge in [-0.25, -0.2) is 0 Å². The number of fused-ring (bicyclic) bond motifs is 1. The molecule has 1 fully saturated rings. The molecule has 1 heterocycles. The molecule has 2 N–H and O–H groups in total. The fourth-order valence-corrected chi connectivity index (χ4v) is 2.63. The van der Waals surface area contributed by atoms with Crippen molar-refractivity contribution in [3.05, 3.63) is 23.8 Å². The van der Waals surface area contributed by atoms with Gasteiger partial charge in [-0.2, -0.15) is 0 Å². The van der Waals surface area contributed by atoms with Crippen LogP contribution < -0.4 is 10.6 Å². The molecule has 20 heavy (non-hydrogen) atoms. The van der Waals surface area contributed by atoms with Gasteiger partial charge in [-0.15, -0.1) is 0 Å². The lowest BCUT2D eigenvalue weighted by molar-refractivity contribution is -0.117. The number of hydrogen-bond donors (Lipinski definition) is 2. The standard InChI is InChI=1S/C15H19N3O2/c1-2-18(12-4-5-12)9-15(20)16-11-3-6-13-10(7-11)8-14(19)17-13/h3,6-7,12H,2,4-5,8-9H2,1H3,(H,16,20)(H,17,19). The van der Waals surface area contributed by atoms with Gasteiger partial charge in [0.25, 0.3) is 0 Å². The number of anilines is 2. The fraction of sp³-hybridized carbons (Fsp3) is 0.467. The van der Waals surface area contributed by atoms with E-state index in [1.54, 1.807) is 0 Å². The molecular weight excluding hydrogens is 254 g/mol. The number of nitrogens with zero attached hydrogens (tertiary/aromatic N) is 1. The molecule has 1 aliphatic heterocycles. The average Bonchev–Trinajstić information content (AvgIpc) is 3.18. The summed E-state index contributed by atoms with van der Waals surface area (Å²) in [6.45, 7) is 3.43. The van der Waals surface area contributed by atoms with Gasteiger partial charge in [0, 0.05) is 17.4 Å². The van der Waals surface area contributed by atoms with Crippen LogP contribution in [0.3, 0.4) is 0 Å². The summed E-state index contributed by atoms with van der Waals surface area (Å²) in [6.07, 6.45) is 2.80. The molecule has 2 aliphatic rings. The van der Waals surface area contributed by atoms with Crippen LogP contribution in [-0.4, -0.2) is 35.8 Å². The second kappa shape index (κ2) is 5.25. The van der Waals surface area contributed by atoms with Crippen LogP contribution in [-0.2, 0) is 16.0 Å². The number of carbonyl (C=O) groups excluding carboxylic acids is 2. The van der Waals surface area contributed by atoms with E-state index in [9.17, 15) is 9.59 Å². The highest BCUT2D eigenvalue weighted by molar-refractivity contribution is 6.00. The van der Waals surface area contributed by atoms with Crippen LogP contribution >= 0.6 is 0 Å². The van der Waals surface area contributed by atoms with Crippen LogP contribution in [0.4, 0.5) is 11.4 Å². The summed E-state index contributed by atoms with van der Waals surface area (Å²) in [5.41, 5.74) is 2.56. The smallest absolute Gasteiger partial charge is 0.238 e. The Kier molecular flexibility index (Phi) is 3.44. The second-order valence-electron chi connectivity index (χ2n) is 5.44.